The molecule has 0 aliphatic carbocycles. The van der Waals surface area contributed by atoms with Gasteiger partial charge in [-0.2, -0.15) is 4.40 Å². The topological polar surface area (TPSA) is 39.0 Å². The molecule has 0 radical (unpaired) electrons. The Morgan fingerprint density at radius 1 is 0.960 bits per heavy atom. The zero-order valence-electron chi connectivity index (χ0n) is 13.4. The summed E-state index contributed by atoms with van der Waals surface area (Å²) in [5.74, 6) is 0. The Hall–Kier alpha value is -3.47. The molecule has 0 amide bonds. The van der Waals surface area contributed by atoms with Gasteiger partial charge in [0.1, 0.15) is 6.54 Å². The van der Waals surface area contributed by atoms with Crippen molar-refractivity contribution >= 4 is 16.8 Å². The van der Waals surface area contributed by atoms with Gasteiger partial charge in [0.15, 0.2) is 11.2 Å². The lowest BCUT2D eigenvalue weighted by molar-refractivity contribution is -0.671. The number of para-hydroxylation sites is 1. The molecule has 1 aliphatic rings. The van der Waals surface area contributed by atoms with Gasteiger partial charge in [-0.3, -0.25) is 9.55 Å². The van der Waals surface area contributed by atoms with Gasteiger partial charge < -0.3 is 0 Å². The highest BCUT2D eigenvalue weighted by Crippen LogP contribution is 2.34. The number of fused-ring (bicyclic) bond motifs is 7. The fourth-order valence-corrected chi connectivity index (χ4v) is 3.91. The number of imidazole rings is 2. The van der Waals surface area contributed by atoms with E-state index in [1.54, 1.807) is 0 Å². The number of aromatic nitrogens is 5. The summed E-state index contributed by atoms with van der Waals surface area (Å²) in [6.07, 6.45) is 7.86. The molecular weight excluding hydrogens is 310 g/mol. The normalized spacial score (nSPS) is 12.6. The minimum Gasteiger partial charge on any atom is -0.264 e. The Bertz CT molecular complexity index is 1260. The number of nitrogens with zero attached hydrogens (tertiary/aromatic N) is 5. The third-order valence-corrected chi connectivity index (χ3v) is 4.95. The number of hydrogen-bond acceptors (Lipinski definition) is 2. The van der Waals surface area contributed by atoms with Crippen LogP contribution in [0.3, 0.4) is 0 Å². The average Bonchev–Trinajstić information content (AvgIpc) is 3.29. The molecular formula is C20H14N5+. The fraction of sp³-hybridized carbons (Fsp3) is 0.0500. The minimum atomic E-state index is 0.880. The molecule has 5 aromatic rings. The van der Waals surface area contributed by atoms with E-state index in [0.29, 0.717) is 0 Å². The molecule has 0 atom stereocenters. The molecule has 5 heteroatoms. The second-order valence-corrected chi connectivity index (χ2v) is 6.34. The maximum atomic E-state index is 4.67. The smallest absolute Gasteiger partial charge is 0.261 e. The van der Waals surface area contributed by atoms with Crippen LogP contribution in [0.2, 0.25) is 0 Å². The van der Waals surface area contributed by atoms with E-state index in [0.717, 1.165) is 29.0 Å². The standard InChI is InChI=1S/C20H14N5/c1-2-5-15(6-3-1)25-19-17(7-4-9-22-19)24-13-23-12-14-8-10-21-11-16(14)18(23)20(24)25/h1-11,13H,12H2/q+1. The molecule has 25 heavy (non-hydrogen) atoms. The van der Waals surface area contributed by atoms with Crippen LogP contribution in [0.4, 0.5) is 0 Å². The van der Waals surface area contributed by atoms with E-state index in [-0.39, 0.29) is 0 Å². The van der Waals surface area contributed by atoms with Crippen LogP contribution >= 0.6 is 0 Å². The Labute approximate surface area is 143 Å². The first-order valence-corrected chi connectivity index (χ1v) is 8.30. The van der Waals surface area contributed by atoms with Crippen LogP contribution < -0.4 is 4.57 Å². The fourth-order valence-electron chi connectivity index (χ4n) is 3.91. The SMILES string of the molecule is c1ccc(-n2c3ncccc3n3c[n+]4c(c23)-c2cnccc2C4)cc1. The highest BCUT2D eigenvalue weighted by atomic mass is 15.2. The van der Waals surface area contributed by atoms with Crippen LogP contribution in [0, 0.1) is 0 Å². The zero-order valence-corrected chi connectivity index (χ0v) is 13.4. The highest BCUT2D eigenvalue weighted by Gasteiger charge is 2.33. The van der Waals surface area contributed by atoms with Crippen molar-refractivity contribution in [1.29, 1.82) is 0 Å². The molecule has 4 aromatic heterocycles. The quantitative estimate of drug-likeness (QED) is 0.436. The van der Waals surface area contributed by atoms with Crippen molar-refractivity contribution in [2.24, 2.45) is 0 Å². The maximum absolute atomic E-state index is 4.67. The molecule has 1 aliphatic heterocycles. The Balaban J connectivity index is 1.84. The number of benzene rings is 1. The largest absolute Gasteiger partial charge is 0.264 e. The summed E-state index contributed by atoms with van der Waals surface area (Å²) in [5.41, 5.74) is 8.02. The molecule has 5 nitrogen and oxygen atoms in total. The van der Waals surface area contributed by atoms with E-state index in [1.165, 1.54) is 16.8 Å². The predicted octanol–water partition coefficient (Wildman–Crippen LogP) is 2.99. The van der Waals surface area contributed by atoms with Gasteiger partial charge in [0.05, 0.1) is 11.3 Å². The van der Waals surface area contributed by atoms with Gasteiger partial charge in [0.25, 0.3) is 12.0 Å². The first-order chi connectivity index (χ1) is 12.4. The van der Waals surface area contributed by atoms with Crippen molar-refractivity contribution in [3.63, 3.8) is 0 Å². The molecule has 118 valence electrons. The van der Waals surface area contributed by atoms with Gasteiger partial charge in [-0.05, 0) is 30.3 Å². The third-order valence-electron chi connectivity index (χ3n) is 4.95. The lowest BCUT2D eigenvalue weighted by atomic mass is 10.1. The summed E-state index contributed by atoms with van der Waals surface area (Å²) >= 11 is 0. The van der Waals surface area contributed by atoms with Crippen LogP contribution in [-0.2, 0) is 6.54 Å². The van der Waals surface area contributed by atoms with Crippen molar-refractivity contribution in [1.82, 2.24) is 18.9 Å². The summed E-state index contributed by atoms with van der Waals surface area (Å²) < 4.78 is 6.78. The summed E-state index contributed by atoms with van der Waals surface area (Å²) in [7, 11) is 0. The molecule has 0 N–H and O–H groups in total. The van der Waals surface area contributed by atoms with Crippen LogP contribution in [-0.4, -0.2) is 18.9 Å². The van der Waals surface area contributed by atoms with Gasteiger partial charge in [-0.1, -0.05) is 18.2 Å². The van der Waals surface area contributed by atoms with E-state index in [4.69, 9.17) is 0 Å². The van der Waals surface area contributed by atoms with Crippen LogP contribution in [0.15, 0.2) is 73.4 Å². The second kappa shape index (κ2) is 4.54. The van der Waals surface area contributed by atoms with Gasteiger partial charge in [0.2, 0.25) is 5.69 Å². The van der Waals surface area contributed by atoms with E-state index in [9.17, 15) is 0 Å². The molecule has 0 saturated heterocycles. The van der Waals surface area contributed by atoms with Crippen molar-refractivity contribution in [2.75, 3.05) is 0 Å². The molecule has 1 aromatic carbocycles. The monoisotopic (exact) mass is 324 g/mol. The number of pyridine rings is 2. The molecule has 5 heterocycles. The minimum absolute atomic E-state index is 0.880. The van der Waals surface area contributed by atoms with Crippen LogP contribution in [0.1, 0.15) is 5.56 Å². The molecule has 6 rings (SSSR count). The number of hydrogen-bond donors (Lipinski definition) is 0. The van der Waals surface area contributed by atoms with Crippen molar-refractivity contribution < 1.29 is 4.57 Å². The average molecular weight is 324 g/mol. The summed E-state index contributed by atoms with van der Waals surface area (Å²) in [6.45, 7) is 0.880. The van der Waals surface area contributed by atoms with Crippen molar-refractivity contribution in [3.05, 3.63) is 79.0 Å². The van der Waals surface area contributed by atoms with Crippen molar-refractivity contribution in [3.8, 4) is 16.9 Å². The van der Waals surface area contributed by atoms with E-state index < -0.39 is 0 Å². The molecule has 0 bridgehead atoms. The van der Waals surface area contributed by atoms with Crippen LogP contribution in [0.25, 0.3) is 33.8 Å². The Morgan fingerprint density at radius 3 is 2.80 bits per heavy atom. The third kappa shape index (κ3) is 1.59. The first-order valence-electron chi connectivity index (χ1n) is 8.30. The Morgan fingerprint density at radius 2 is 1.88 bits per heavy atom. The first kappa shape index (κ1) is 12.9. The van der Waals surface area contributed by atoms with Gasteiger partial charge in [-0.15, -0.1) is 0 Å². The van der Waals surface area contributed by atoms with Gasteiger partial charge >= 0.3 is 0 Å². The molecule has 0 spiro atoms. The van der Waals surface area contributed by atoms with Gasteiger partial charge in [-0.25, -0.2) is 9.55 Å². The summed E-state index contributed by atoms with van der Waals surface area (Å²) in [4.78, 5) is 9.02. The van der Waals surface area contributed by atoms with Gasteiger partial charge in [0, 0.05) is 24.2 Å². The van der Waals surface area contributed by atoms with E-state index in [1.807, 2.05) is 30.7 Å². The van der Waals surface area contributed by atoms with Crippen LogP contribution in [0.5, 0.6) is 0 Å². The Kier molecular flexibility index (Phi) is 2.34. The molecule has 0 fully saturated rings. The molecule has 0 saturated carbocycles. The van der Waals surface area contributed by atoms with Crippen molar-refractivity contribution in [2.45, 2.75) is 6.54 Å². The number of rotatable bonds is 1. The highest BCUT2D eigenvalue weighted by molar-refractivity contribution is 5.87. The zero-order chi connectivity index (χ0) is 16.4. The second-order valence-electron chi connectivity index (χ2n) is 6.34. The van der Waals surface area contributed by atoms with E-state index in [2.05, 4.69) is 66.2 Å². The molecule has 0 unspecified atom stereocenters. The summed E-state index contributed by atoms with van der Waals surface area (Å²) in [6, 6.07) is 16.6. The lowest BCUT2D eigenvalue weighted by Gasteiger charge is -2.03. The maximum Gasteiger partial charge on any atom is 0.261 e. The van der Waals surface area contributed by atoms with E-state index >= 15 is 0 Å². The lowest BCUT2D eigenvalue weighted by Crippen LogP contribution is -2.29. The predicted molar refractivity (Wildman–Crippen MR) is 94.6 cm³/mol. The summed E-state index contributed by atoms with van der Waals surface area (Å²) in [5, 5.41) is 0.